The van der Waals surface area contributed by atoms with Gasteiger partial charge in [-0.3, -0.25) is 0 Å². The summed E-state index contributed by atoms with van der Waals surface area (Å²) in [5.74, 6) is 7.29. The van der Waals surface area contributed by atoms with Gasteiger partial charge in [-0.25, -0.2) is 0 Å². The topological polar surface area (TPSA) is 25.2 Å². The molecule has 1 aromatic heterocycles. The lowest BCUT2D eigenvalue weighted by molar-refractivity contribution is -0.0356. The number of furan rings is 1. The number of hydrogen-bond acceptors (Lipinski definition) is 2. The summed E-state index contributed by atoms with van der Waals surface area (Å²) in [5.41, 5.74) is 0. The molecule has 4 bridgehead atoms. The molecule has 0 spiro atoms. The molecule has 0 aliphatic heterocycles. The van der Waals surface area contributed by atoms with Crippen LogP contribution in [0.1, 0.15) is 43.6 Å². The summed E-state index contributed by atoms with van der Waals surface area (Å²) < 4.78 is 5.63. The lowest BCUT2D eigenvalue weighted by atomic mass is 9.52. The van der Waals surface area contributed by atoms with Crippen molar-refractivity contribution in [3.8, 4) is 0 Å². The highest BCUT2D eigenvalue weighted by atomic mass is 16.3. The van der Waals surface area contributed by atoms with Crippen molar-refractivity contribution < 1.29 is 4.42 Å². The van der Waals surface area contributed by atoms with Crippen LogP contribution in [-0.2, 0) is 6.54 Å². The highest BCUT2D eigenvalue weighted by molar-refractivity contribution is 5.05. The van der Waals surface area contributed by atoms with Gasteiger partial charge < -0.3 is 9.73 Å². The molecule has 2 nitrogen and oxygen atoms in total. The molecule has 0 unspecified atom stereocenters. The van der Waals surface area contributed by atoms with Crippen LogP contribution in [0.4, 0.5) is 0 Å². The van der Waals surface area contributed by atoms with Gasteiger partial charge >= 0.3 is 0 Å². The zero-order valence-corrected chi connectivity index (χ0v) is 11.9. The van der Waals surface area contributed by atoms with Crippen molar-refractivity contribution in [1.82, 2.24) is 5.32 Å². The Morgan fingerprint density at radius 1 is 1.05 bits per heavy atom. The fourth-order valence-corrected chi connectivity index (χ4v) is 5.31. The minimum absolute atomic E-state index is 0.899. The molecule has 1 N–H and O–H groups in total. The highest BCUT2D eigenvalue weighted by Crippen LogP contribution is 2.56. The molecule has 4 aliphatic rings. The molecule has 0 radical (unpaired) electrons. The van der Waals surface area contributed by atoms with Crippen molar-refractivity contribution in [2.75, 3.05) is 6.54 Å². The molecule has 2 heteroatoms. The summed E-state index contributed by atoms with van der Waals surface area (Å²) in [6, 6.07) is 4.15. The van der Waals surface area contributed by atoms with E-state index in [0.717, 1.165) is 47.7 Å². The summed E-state index contributed by atoms with van der Waals surface area (Å²) in [5, 5.41) is 3.65. The van der Waals surface area contributed by atoms with Gasteiger partial charge in [0.2, 0.25) is 0 Å². The molecule has 0 saturated heterocycles. The van der Waals surface area contributed by atoms with Gasteiger partial charge in [0.15, 0.2) is 0 Å². The van der Waals surface area contributed by atoms with Crippen LogP contribution in [0.15, 0.2) is 16.5 Å². The zero-order chi connectivity index (χ0) is 12.8. The molecular weight excluding hydrogens is 234 g/mol. The van der Waals surface area contributed by atoms with Gasteiger partial charge in [0.1, 0.15) is 11.5 Å². The summed E-state index contributed by atoms with van der Waals surface area (Å²) in [4.78, 5) is 0. The van der Waals surface area contributed by atoms with E-state index in [9.17, 15) is 0 Å². The van der Waals surface area contributed by atoms with Gasteiger partial charge in [-0.05, 0) is 87.3 Å². The van der Waals surface area contributed by atoms with Crippen LogP contribution >= 0.6 is 0 Å². The predicted octanol–water partition coefficient (Wildman–Crippen LogP) is 3.75. The van der Waals surface area contributed by atoms with Crippen LogP contribution in [0.5, 0.6) is 0 Å². The van der Waals surface area contributed by atoms with Gasteiger partial charge in [0, 0.05) is 0 Å². The summed E-state index contributed by atoms with van der Waals surface area (Å²) in [6.45, 7) is 4.12. The van der Waals surface area contributed by atoms with Crippen molar-refractivity contribution >= 4 is 0 Å². The van der Waals surface area contributed by atoms with Crippen LogP contribution in [-0.4, -0.2) is 6.54 Å². The molecule has 0 amide bonds. The minimum atomic E-state index is 0.899. The SMILES string of the molecule is Cc1ccc(CNCC2C3CC4CC(C3)CC2C4)o1. The largest absolute Gasteiger partial charge is 0.465 e. The first kappa shape index (κ1) is 12.0. The van der Waals surface area contributed by atoms with Crippen molar-refractivity contribution in [2.24, 2.45) is 29.6 Å². The van der Waals surface area contributed by atoms with E-state index in [4.69, 9.17) is 4.42 Å². The van der Waals surface area contributed by atoms with E-state index < -0.39 is 0 Å². The maximum absolute atomic E-state index is 5.63. The lowest BCUT2D eigenvalue weighted by Crippen LogP contribution is -2.48. The molecule has 0 aromatic carbocycles. The van der Waals surface area contributed by atoms with Crippen molar-refractivity contribution in [3.05, 3.63) is 23.7 Å². The predicted molar refractivity (Wildman–Crippen MR) is 75.7 cm³/mol. The Bertz CT molecular complexity index is 422. The zero-order valence-electron chi connectivity index (χ0n) is 11.9. The van der Waals surface area contributed by atoms with Crippen molar-refractivity contribution in [1.29, 1.82) is 0 Å². The van der Waals surface area contributed by atoms with Crippen LogP contribution < -0.4 is 5.32 Å². The molecule has 1 heterocycles. The summed E-state index contributed by atoms with van der Waals surface area (Å²) in [7, 11) is 0. The Morgan fingerprint density at radius 2 is 1.74 bits per heavy atom. The minimum Gasteiger partial charge on any atom is -0.465 e. The van der Waals surface area contributed by atoms with Crippen LogP contribution in [0.3, 0.4) is 0 Å². The molecule has 4 aliphatic carbocycles. The Kier molecular flexibility index (Phi) is 2.95. The van der Waals surface area contributed by atoms with Gasteiger partial charge in [0.05, 0.1) is 6.54 Å². The molecule has 4 saturated carbocycles. The Balaban J connectivity index is 1.33. The average molecular weight is 259 g/mol. The molecule has 4 fully saturated rings. The second kappa shape index (κ2) is 4.66. The lowest BCUT2D eigenvalue weighted by Gasteiger charge is -2.54. The fraction of sp³-hybridized carbons (Fsp3) is 0.765. The molecule has 104 valence electrons. The van der Waals surface area contributed by atoms with Crippen molar-refractivity contribution in [2.45, 2.75) is 45.6 Å². The van der Waals surface area contributed by atoms with Gasteiger partial charge in [-0.1, -0.05) is 0 Å². The van der Waals surface area contributed by atoms with E-state index >= 15 is 0 Å². The first-order chi connectivity index (χ1) is 9.28. The van der Waals surface area contributed by atoms with E-state index in [0.29, 0.717) is 0 Å². The van der Waals surface area contributed by atoms with Gasteiger partial charge in [0.25, 0.3) is 0 Å². The van der Waals surface area contributed by atoms with Crippen LogP contribution in [0, 0.1) is 36.5 Å². The van der Waals surface area contributed by atoms with Crippen molar-refractivity contribution in [3.63, 3.8) is 0 Å². The first-order valence-electron chi connectivity index (χ1n) is 8.04. The third kappa shape index (κ3) is 2.24. The molecule has 1 aromatic rings. The van der Waals surface area contributed by atoms with Gasteiger partial charge in [-0.2, -0.15) is 0 Å². The van der Waals surface area contributed by atoms with E-state index in [2.05, 4.69) is 17.4 Å². The van der Waals surface area contributed by atoms with E-state index in [1.165, 1.54) is 32.2 Å². The Labute approximate surface area is 116 Å². The monoisotopic (exact) mass is 259 g/mol. The average Bonchev–Trinajstić information content (AvgIpc) is 2.78. The highest BCUT2D eigenvalue weighted by Gasteiger charge is 2.47. The molecular formula is C17H25NO. The third-order valence-corrected chi connectivity index (χ3v) is 5.90. The molecule has 19 heavy (non-hydrogen) atoms. The molecule has 0 atom stereocenters. The molecule has 5 rings (SSSR count). The third-order valence-electron chi connectivity index (χ3n) is 5.90. The van der Waals surface area contributed by atoms with E-state index in [1.54, 1.807) is 6.42 Å². The van der Waals surface area contributed by atoms with E-state index in [-0.39, 0.29) is 0 Å². The Hall–Kier alpha value is -0.760. The number of rotatable bonds is 4. The number of nitrogens with one attached hydrogen (secondary N) is 1. The first-order valence-corrected chi connectivity index (χ1v) is 8.04. The maximum atomic E-state index is 5.63. The Morgan fingerprint density at radius 3 is 2.32 bits per heavy atom. The van der Waals surface area contributed by atoms with Gasteiger partial charge in [-0.15, -0.1) is 0 Å². The standard InChI is InChI=1S/C17H25NO/c1-11-2-3-16(19-11)9-18-10-17-14-5-12-4-13(7-14)8-15(17)6-12/h2-3,12-15,17-18H,4-10H2,1H3. The summed E-state index contributed by atoms with van der Waals surface area (Å²) in [6.07, 6.45) is 7.66. The number of hydrogen-bond donors (Lipinski definition) is 1. The summed E-state index contributed by atoms with van der Waals surface area (Å²) >= 11 is 0. The maximum Gasteiger partial charge on any atom is 0.117 e. The van der Waals surface area contributed by atoms with Crippen LogP contribution in [0.2, 0.25) is 0 Å². The fourth-order valence-electron chi connectivity index (χ4n) is 5.31. The second-order valence-corrected chi connectivity index (χ2v) is 7.24. The number of aryl methyl sites for hydroxylation is 1. The van der Waals surface area contributed by atoms with Crippen LogP contribution in [0.25, 0.3) is 0 Å². The second-order valence-electron chi connectivity index (χ2n) is 7.24. The smallest absolute Gasteiger partial charge is 0.117 e. The quantitative estimate of drug-likeness (QED) is 0.891. The normalized spacial score (nSPS) is 39.9. The van der Waals surface area contributed by atoms with E-state index in [1.807, 2.05) is 6.92 Å².